The fourth-order valence-electron chi connectivity index (χ4n) is 1.41. The van der Waals surface area contributed by atoms with Crippen molar-refractivity contribution in [2.75, 3.05) is 7.05 Å². The topological polar surface area (TPSA) is 50.4 Å². The van der Waals surface area contributed by atoms with E-state index in [9.17, 15) is 0 Å². The molecule has 3 nitrogen and oxygen atoms in total. The van der Waals surface area contributed by atoms with E-state index in [0.717, 1.165) is 0 Å². The van der Waals surface area contributed by atoms with E-state index in [1.165, 1.54) is 12.8 Å². The number of nitrogens with one attached hydrogen (secondary N) is 1. The monoisotopic (exact) mass is 171 g/mol. The van der Waals surface area contributed by atoms with Gasteiger partial charge in [-0.3, -0.25) is 4.99 Å². The molecule has 0 aromatic rings. The van der Waals surface area contributed by atoms with Gasteiger partial charge in [0, 0.05) is 13.1 Å². The number of nitrogens with zero attached hydrogens (tertiary/aromatic N) is 1. The molecule has 0 radical (unpaired) electrons. The van der Waals surface area contributed by atoms with Crippen LogP contribution in [0, 0.1) is 5.92 Å². The summed E-state index contributed by atoms with van der Waals surface area (Å²) in [5.74, 6) is 1.22. The summed E-state index contributed by atoms with van der Waals surface area (Å²) in [4.78, 5) is 3.86. The summed E-state index contributed by atoms with van der Waals surface area (Å²) in [6.45, 7) is 6.55. The van der Waals surface area contributed by atoms with Gasteiger partial charge in [-0.2, -0.15) is 0 Å². The highest BCUT2D eigenvalue weighted by molar-refractivity contribution is 5.77. The molecule has 1 unspecified atom stereocenters. The molecule has 0 aromatic heterocycles. The van der Waals surface area contributed by atoms with Gasteiger partial charge < -0.3 is 11.1 Å². The SMILES string of the molecule is CCC(CC)C(C)NC(N)=NC. The Kier molecular flexibility index (Phi) is 5.51. The number of hydrogen-bond donors (Lipinski definition) is 2. The van der Waals surface area contributed by atoms with Crippen LogP contribution in [0.25, 0.3) is 0 Å². The number of rotatable bonds is 4. The van der Waals surface area contributed by atoms with Crippen LogP contribution in [0.2, 0.25) is 0 Å². The van der Waals surface area contributed by atoms with E-state index < -0.39 is 0 Å². The Morgan fingerprint density at radius 1 is 1.42 bits per heavy atom. The van der Waals surface area contributed by atoms with Crippen molar-refractivity contribution in [3.8, 4) is 0 Å². The predicted octanol–water partition coefficient (Wildman–Crippen LogP) is 1.35. The van der Waals surface area contributed by atoms with Crippen LogP contribution in [0.3, 0.4) is 0 Å². The lowest BCUT2D eigenvalue weighted by Crippen LogP contribution is -2.42. The van der Waals surface area contributed by atoms with E-state index in [4.69, 9.17) is 5.73 Å². The smallest absolute Gasteiger partial charge is 0.188 e. The van der Waals surface area contributed by atoms with Gasteiger partial charge >= 0.3 is 0 Å². The fraction of sp³-hybridized carbons (Fsp3) is 0.889. The molecule has 12 heavy (non-hydrogen) atoms. The second-order valence-corrected chi connectivity index (χ2v) is 3.12. The summed E-state index contributed by atoms with van der Waals surface area (Å²) >= 11 is 0. The second-order valence-electron chi connectivity index (χ2n) is 3.12. The summed E-state index contributed by atoms with van der Waals surface area (Å²) in [6, 6.07) is 0.420. The molecule has 0 saturated heterocycles. The van der Waals surface area contributed by atoms with Crippen molar-refractivity contribution in [3.05, 3.63) is 0 Å². The lowest BCUT2D eigenvalue weighted by Gasteiger charge is -2.22. The van der Waals surface area contributed by atoms with Crippen molar-refractivity contribution in [2.45, 2.75) is 39.7 Å². The zero-order valence-corrected chi connectivity index (χ0v) is 8.59. The van der Waals surface area contributed by atoms with Crippen molar-refractivity contribution in [1.29, 1.82) is 0 Å². The molecular formula is C9H21N3. The van der Waals surface area contributed by atoms with Crippen LogP contribution in [0.4, 0.5) is 0 Å². The Morgan fingerprint density at radius 2 is 1.92 bits per heavy atom. The quantitative estimate of drug-likeness (QED) is 0.495. The van der Waals surface area contributed by atoms with Crippen LogP contribution >= 0.6 is 0 Å². The van der Waals surface area contributed by atoms with Crippen molar-refractivity contribution < 1.29 is 0 Å². The molecular weight excluding hydrogens is 150 g/mol. The molecule has 0 heterocycles. The third kappa shape index (κ3) is 3.60. The molecule has 3 heteroatoms. The largest absolute Gasteiger partial charge is 0.370 e. The first kappa shape index (κ1) is 11.3. The van der Waals surface area contributed by atoms with Crippen LogP contribution in [-0.4, -0.2) is 19.0 Å². The number of aliphatic imine (C=N–C) groups is 1. The summed E-state index contributed by atoms with van der Waals surface area (Å²) in [6.07, 6.45) is 2.36. The first-order chi connectivity index (χ1) is 5.65. The van der Waals surface area contributed by atoms with Crippen molar-refractivity contribution in [3.63, 3.8) is 0 Å². The van der Waals surface area contributed by atoms with Gasteiger partial charge in [-0.25, -0.2) is 0 Å². The first-order valence-corrected chi connectivity index (χ1v) is 4.64. The Labute approximate surface area is 75.4 Å². The molecule has 0 fully saturated rings. The van der Waals surface area contributed by atoms with E-state index in [1.54, 1.807) is 7.05 Å². The maximum Gasteiger partial charge on any atom is 0.188 e. The summed E-state index contributed by atoms with van der Waals surface area (Å²) in [7, 11) is 1.70. The van der Waals surface area contributed by atoms with E-state index in [1.807, 2.05) is 0 Å². The minimum absolute atomic E-state index is 0.420. The van der Waals surface area contributed by atoms with E-state index in [2.05, 4.69) is 31.1 Å². The lowest BCUT2D eigenvalue weighted by atomic mass is 9.96. The Hall–Kier alpha value is -0.730. The van der Waals surface area contributed by atoms with Crippen molar-refractivity contribution in [1.82, 2.24) is 5.32 Å². The molecule has 72 valence electrons. The van der Waals surface area contributed by atoms with Crippen LogP contribution < -0.4 is 11.1 Å². The highest BCUT2D eigenvalue weighted by Gasteiger charge is 2.12. The molecule has 0 aromatic carbocycles. The lowest BCUT2D eigenvalue weighted by molar-refractivity contribution is 0.390. The van der Waals surface area contributed by atoms with Crippen LogP contribution in [0.1, 0.15) is 33.6 Å². The van der Waals surface area contributed by atoms with Crippen LogP contribution in [-0.2, 0) is 0 Å². The molecule has 0 spiro atoms. The van der Waals surface area contributed by atoms with Gasteiger partial charge in [0.05, 0.1) is 0 Å². The maximum atomic E-state index is 5.56. The van der Waals surface area contributed by atoms with Crippen molar-refractivity contribution in [2.24, 2.45) is 16.6 Å². The highest BCUT2D eigenvalue weighted by Crippen LogP contribution is 2.11. The normalized spacial score (nSPS) is 14.9. The number of nitrogens with two attached hydrogens (primary N) is 1. The fourth-order valence-corrected chi connectivity index (χ4v) is 1.41. The molecule has 0 aliphatic heterocycles. The van der Waals surface area contributed by atoms with Gasteiger partial charge in [0.25, 0.3) is 0 Å². The van der Waals surface area contributed by atoms with Gasteiger partial charge in [0.1, 0.15) is 0 Å². The summed E-state index contributed by atoms with van der Waals surface area (Å²) in [5, 5.41) is 3.16. The predicted molar refractivity (Wildman–Crippen MR) is 54.2 cm³/mol. The highest BCUT2D eigenvalue weighted by atomic mass is 15.1. The van der Waals surface area contributed by atoms with E-state index >= 15 is 0 Å². The maximum absolute atomic E-state index is 5.56. The molecule has 0 aliphatic rings. The third-order valence-electron chi connectivity index (χ3n) is 2.37. The van der Waals surface area contributed by atoms with Gasteiger partial charge in [-0.05, 0) is 12.8 Å². The average Bonchev–Trinajstić information content (AvgIpc) is 2.06. The summed E-state index contributed by atoms with van der Waals surface area (Å²) in [5.41, 5.74) is 5.56. The molecule has 0 aliphatic carbocycles. The Bertz CT molecular complexity index is 139. The zero-order valence-electron chi connectivity index (χ0n) is 8.59. The molecule has 0 amide bonds. The average molecular weight is 171 g/mol. The zero-order chi connectivity index (χ0) is 9.56. The second kappa shape index (κ2) is 5.86. The van der Waals surface area contributed by atoms with E-state index in [0.29, 0.717) is 17.9 Å². The minimum Gasteiger partial charge on any atom is -0.370 e. The molecule has 0 rings (SSSR count). The Morgan fingerprint density at radius 3 is 2.25 bits per heavy atom. The molecule has 3 N–H and O–H groups in total. The first-order valence-electron chi connectivity index (χ1n) is 4.64. The van der Waals surface area contributed by atoms with Crippen LogP contribution in [0.15, 0.2) is 4.99 Å². The molecule has 0 saturated carbocycles. The Balaban J connectivity index is 3.91. The standard InChI is InChI=1S/C9H21N3/c1-5-8(6-2)7(3)12-9(10)11-4/h7-8H,5-6H2,1-4H3,(H3,10,11,12). The van der Waals surface area contributed by atoms with Gasteiger partial charge in [-0.1, -0.05) is 26.7 Å². The van der Waals surface area contributed by atoms with Gasteiger partial charge in [0.15, 0.2) is 5.96 Å². The van der Waals surface area contributed by atoms with Crippen molar-refractivity contribution >= 4 is 5.96 Å². The van der Waals surface area contributed by atoms with Crippen LogP contribution in [0.5, 0.6) is 0 Å². The van der Waals surface area contributed by atoms with Gasteiger partial charge in [-0.15, -0.1) is 0 Å². The van der Waals surface area contributed by atoms with E-state index in [-0.39, 0.29) is 0 Å². The molecule has 1 atom stereocenters. The summed E-state index contributed by atoms with van der Waals surface area (Å²) < 4.78 is 0. The minimum atomic E-state index is 0.420. The molecule has 0 bridgehead atoms. The number of hydrogen-bond acceptors (Lipinski definition) is 1. The van der Waals surface area contributed by atoms with Gasteiger partial charge in [0.2, 0.25) is 0 Å². The number of guanidine groups is 1. The third-order valence-corrected chi connectivity index (χ3v) is 2.37.